The highest BCUT2D eigenvalue weighted by molar-refractivity contribution is 5.93. The molecule has 0 aliphatic carbocycles. The van der Waals surface area contributed by atoms with Gasteiger partial charge >= 0.3 is 11.8 Å². The monoisotopic (exact) mass is 319 g/mol. The Hall–Kier alpha value is -2.96. The van der Waals surface area contributed by atoms with E-state index in [2.05, 4.69) is 10.7 Å². The molecule has 0 spiro atoms. The third-order valence-corrected chi connectivity index (χ3v) is 2.96. The van der Waals surface area contributed by atoms with Gasteiger partial charge < -0.3 is 5.32 Å². The summed E-state index contributed by atoms with van der Waals surface area (Å²) in [5.74, 6) is -5.85. The average Bonchev–Trinajstić information content (AvgIpc) is 2.53. The largest absolute Gasteiger partial charge is 0.353 e. The summed E-state index contributed by atoms with van der Waals surface area (Å²) in [5, 5.41) is 2.29. The van der Waals surface area contributed by atoms with Gasteiger partial charge in [-0.05, 0) is 18.2 Å². The van der Waals surface area contributed by atoms with E-state index in [1.165, 1.54) is 25.1 Å². The summed E-state index contributed by atoms with van der Waals surface area (Å²) >= 11 is 0. The number of para-hydroxylation sites is 2. The third-order valence-electron chi connectivity index (χ3n) is 2.96. The van der Waals surface area contributed by atoms with Crippen LogP contribution in [0.15, 0.2) is 54.6 Å². The van der Waals surface area contributed by atoms with Gasteiger partial charge in [-0.25, -0.2) is 0 Å². The minimum atomic E-state index is -3.82. The SMILES string of the molecule is CC(=O)Nc1ccccc1C(F)(F)C(=O)NNc1ccccc1. The first-order valence-corrected chi connectivity index (χ1v) is 6.77. The quantitative estimate of drug-likeness (QED) is 0.742. The second kappa shape index (κ2) is 6.87. The fourth-order valence-electron chi connectivity index (χ4n) is 1.91. The van der Waals surface area contributed by atoms with Gasteiger partial charge in [0.05, 0.1) is 16.9 Å². The van der Waals surface area contributed by atoms with Crippen LogP contribution in [0.1, 0.15) is 12.5 Å². The standard InChI is InChI=1S/C16H15F2N3O2/c1-11(22)19-14-10-6-5-9-13(14)16(17,18)15(23)21-20-12-7-3-2-4-8-12/h2-10,20H,1H3,(H,19,22)(H,21,23). The Balaban J connectivity index is 2.17. The number of rotatable bonds is 5. The topological polar surface area (TPSA) is 70.2 Å². The van der Waals surface area contributed by atoms with Gasteiger partial charge in [0.25, 0.3) is 0 Å². The fourth-order valence-corrected chi connectivity index (χ4v) is 1.91. The molecule has 2 aromatic rings. The lowest BCUT2D eigenvalue weighted by Gasteiger charge is -2.20. The molecule has 0 aliphatic heterocycles. The van der Waals surface area contributed by atoms with E-state index in [-0.39, 0.29) is 5.69 Å². The normalized spacial score (nSPS) is 10.7. The number of benzene rings is 2. The van der Waals surface area contributed by atoms with Crippen molar-refractivity contribution in [1.29, 1.82) is 0 Å². The number of hydrogen-bond acceptors (Lipinski definition) is 3. The summed E-state index contributed by atoms with van der Waals surface area (Å²) in [6.45, 7) is 1.20. The van der Waals surface area contributed by atoms with Crippen LogP contribution in [0, 0.1) is 0 Å². The van der Waals surface area contributed by atoms with Crippen molar-refractivity contribution in [1.82, 2.24) is 5.43 Å². The zero-order chi connectivity index (χ0) is 16.9. The van der Waals surface area contributed by atoms with Gasteiger partial charge in [0.1, 0.15) is 0 Å². The predicted octanol–water partition coefficient (Wildman–Crippen LogP) is 2.88. The molecular weight excluding hydrogens is 304 g/mol. The first kappa shape index (κ1) is 16.4. The Bertz CT molecular complexity index is 705. The van der Waals surface area contributed by atoms with Crippen molar-refractivity contribution >= 4 is 23.2 Å². The lowest BCUT2D eigenvalue weighted by molar-refractivity contribution is -0.146. The fraction of sp³-hybridized carbons (Fsp3) is 0.125. The van der Waals surface area contributed by atoms with E-state index in [1.807, 2.05) is 5.43 Å². The van der Waals surface area contributed by atoms with Crippen LogP contribution in [-0.2, 0) is 15.5 Å². The van der Waals surface area contributed by atoms with Crippen LogP contribution < -0.4 is 16.2 Å². The Labute approximate surface area is 131 Å². The van der Waals surface area contributed by atoms with Gasteiger partial charge in [0, 0.05) is 6.92 Å². The lowest BCUT2D eigenvalue weighted by Crippen LogP contribution is -2.41. The van der Waals surface area contributed by atoms with Gasteiger partial charge in [0.2, 0.25) is 5.91 Å². The Morgan fingerprint density at radius 2 is 1.57 bits per heavy atom. The maximum Gasteiger partial charge on any atom is 0.353 e. The predicted molar refractivity (Wildman–Crippen MR) is 82.8 cm³/mol. The number of hydrazine groups is 1. The van der Waals surface area contributed by atoms with E-state index in [0.717, 1.165) is 6.07 Å². The van der Waals surface area contributed by atoms with Gasteiger partial charge in [-0.1, -0.05) is 36.4 Å². The van der Waals surface area contributed by atoms with Crippen molar-refractivity contribution in [2.45, 2.75) is 12.8 Å². The van der Waals surface area contributed by atoms with Crippen LogP contribution in [0.2, 0.25) is 0 Å². The van der Waals surface area contributed by atoms with Crippen LogP contribution in [0.4, 0.5) is 20.2 Å². The molecule has 3 N–H and O–H groups in total. The number of carbonyl (C=O) groups excluding carboxylic acids is 2. The number of halogens is 2. The highest BCUT2D eigenvalue weighted by atomic mass is 19.3. The van der Waals surface area contributed by atoms with Gasteiger partial charge in [-0.2, -0.15) is 8.78 Å². The number of alkyl halides is 2. The molecule has 0 atom stereocenters. The zero-order valence-electron chi connectivity index (χ0n) is 12.3. The molecule has 0 saturated carbocycles. The highest BCUT2D eigenvalue weighted by Crippen LogP contribution is 2.33. The molecule has 0 aliphatic rings. The molecule has 0 heterocycles. The summed E-state index contributed by atoms with van der Waals surface area (Å²) in [5.41, 5.74) is 4.15. The smallest absolute Gasteiger partial charge is 0.326 e. The summed E-state index contributed by atoms with van der Waals surface area (Å²) in [7, 11) is 0. The van der Waals surface area contributed by atoms with Crippen LogP contribution in [-0.4, -0.2) is 11.8 Å². The van der Waals surface area contributed by atoms with E-state index in [1.54, 1.807) is 30.3 Å². The van der Waals surface area contributed by atoms with Crippen molar-refractivity contribution < 1.29 is 18.4 Å². The summed E-state index contributed by atoms with van der Waals surface area (Å²) < 4.78 is 28.7. The second-order valence-corrected chi connectivity index (χ2v) is 4.75. The molecular formula is C16H15F2N3O2. The average molecular weight is 319 g/mol. The number of nitrogens with one attached hydrogen (secondary N) is 3. The van der Waals surface area contributed by atoms with Crippen molar-refractivity contribution in [2.24, 2.45) is 0 Å². The Kier molecular flexibility index (Phi) is 4.90. The molecule has 120 valence electrons. The minimum Gasteiger partial charge on any atom is -0.326 e. The van der Waals surface area contributed by atoms with E-state index in [9.17, 15) is 18.4 Å². The summed E-state index contributed by atoms with van der Waals surface area (Å²) in [6.07, 6.45) is 0. The molecule has 0 saturated heterocycles. The first-order chi connectivity index (χ1) is 10.9. The maximum atomic E-state index is 14.4. The molecule has 0 bridgehead atoms. The first-order valence-electron chi connectivity index (χ1n) is 6.77. The molecule has 2 rings (SSSR count). The van der Waals surface area contributed by atoms with Crippen LogP contribution in [0.3, 0.4) is 0 Å². The number of amides is 2. The van der Waals surface area contributed by atoms with Crippen LogP contribution >= 0.6 is 0 Å². The molecule has 7 heteroatoms. The Morgan fingerprint density at radius 1 is 0.957 bits per heavy atom. The van der Waals surface area contributed by atoms with Crippen molar-refractivity contribution in [3.63, 3.8) is 0 Å². The zero-order valence-corrected chi connectivity index (χ0v) is 12.3. The van der Waals surface area contributed by atoms with Gasteiger partial charge in [-0.3, -0.25) is 20.4 Å². The molecule has 0 radical (unpaired) electrons. The van der Waals surface area contributed by atoms with Crippen molar-refractivity contribution in [3.05, 3.63) is 60.2 Å². The molecule has 2 aromatic carbocycles. The number of anilines is 2. The van der Waals surface area contributed by atoms with Crippen LogP contribution in [0.25, 0.3) is 0 Å². The van der Waals surface area contributed by atoms with E-state index >= 15 is 0 Å². The van der Waals surface area contributed by atoms with Crippen LogP contribution in [0.5, 0.6) is 0 Å². The molecule has 5 nitrogen and oxygen atoms in total. The van der Waals surface area contributed by atoms with E-state index in [0.29, 0.717) is 5.69 Å². The third kappa shape index (κ3) is 4.03. The lowest BCUT2D eigenvalue weighted by atomic mass is 10.1. The second-order valence-electron chi connectivity index (χ2n) is 4.75. The van der Waals surface area contributed by atoms with Crippen molar-refractivity contribution in [2.75, 3.05) is 10.7 Å². The molecule has 0 unspecified atom stereocenters. The summed E-state index contributed by atoms with van der Waals surface area (Å²) in [4.78, 5) is 22.9. The maximum absolute atomic E-state index is 14.4. The Morgan fingerprint density at radius 3 is 2.22 bits per heavy atom. The number of hydrogen-bond donors (Lipinski definition) is 3. The minimum absolute atomic E-state index is 0.111. The van der Waals surface area contributed by atoms with Crippen molar-refractivity contribution in [3.8, 4) is 0 Å². The van der Waals surface area contributed by atoms with E-state index < -0.39 is 23.3 Å². The summed E-state index contributed by atoms with van der Waals surface area (Å²) in [6, 6.07) is 13.6. The van der Waals surface area contributed by atoms with Gasteiger partial charge in [0.15, 0.2) is 0 Å². The highest BCUT2D eigenvalue weighted by Gasteiger charge is 2.43. The molecule has 2 amide bonds. The molecule has 23 heavy (non-hydrogen) atoms. The molecule has 0 fully saturated rings. The van der Waals surface area contributed by atoms with E-state index in [4.69, 9.17) is 0 Å². The number of carbonyl (C=O) groups is 2. The van der Waals surface area contributed by atoms with Gasteiger partial charge in [-0.15, -0.1) is 0 Å². The molecule has 0 aromatic heterocycles.